The molecule has 3 rings (SSSR count). The first kappa shape index (κ1) is 27.6. The second-order valence-corrected chi connectivity index (χ2v) is 8.44. The van der Waals surface area contributed by atoms with Crippen LogP contribution in [-0.4, -0.2) is 48.9 Å². The van der Waals surface area contributed by atoms with Crippen molar-refractivity contribution in [1.29, 1.82) is 0 Å². The number of nitrogens with zero attached hydrogens (tertiary/aromatic N) is 2. The lowest BCUT2D eigenvalue weighted by molar-refractivity contribution is 0.103. The third kappa shape index (κ3) is 8.60. The van der Waals surface area contributed by atoms with Gasteiger partial charge in [-0.25, -0.2) is 0 Å². The number of carbonyl (C=O) groups is 1. The highest BCUT2D eigenvalue weighted by Gasteiger charge is 2.10. The standard InChI is InChI=1S/C29H36N2O2.ClH/c1-4-31(5-2)20-9-21-33-28-18-16-27(17-19-28)29(32)26-14-12-25(13-15-26)23-30(3)22-24-10-7-6-8-11-24;/h6-8,10-19H,4-5,9,20-23H2,1-3H3;1H. The van der Waals surface area contributed by atoms with E-state index < -0.39 is 0 Å². The highest BCUT2D eigenvalue weighted by atomic mass is 35.5. The Bertz CT molecular complexity index is 971. The van der Waals surface area contributed by atoms with Gasteiger partial charge in [0.15, 0.2) is 5.78 Å². The molecule has 0 spiro atoms. The molecule has 34 heavy (non-hydrogen) atoms. The summed E-state index contributed by atoms with van der Waals surface area (Å²) in [5, 5.41) is 0. The molecule has 0 aromatic heterocycles. The predicted octanol–water partition coefficient (Wildman–Crippen LogP) is 6.08. The van der Waals surface area contributed by atoms with Gasteiger partial charge in [0.2, 0.25) is 0 Å². The molecule has 0 N–H and O–H groups in total. The molecule has 0 atom stereocenters. The number of hydrogen-bond acceptors (Lipinski definition) is 4. The van der Waals surface area contributed by atoms with Crippen LogP contribution in [0.15, 0.2) is 78.9 Å². The number of rotatable bonds is 13. The van der Waals surface area contributed by atoms with Crippen molar-refractivity contribution in [2.24, 2.45) is 0 Å². The van der Waals surface area contributed by atoms with Crippen LogP contribution in [-0.2, 0) is 13.1 Å². The Hall–Kier alpha value is -2.66. The summed E-state index contributed by atoms with van der Waals surface area (Å²) in [6, 6.07) is 25.9. The topological polar surface area (TPSA) is 32.8 Å². The van der Waals surface area contributed by atoms with Crippen LogP contribution < -0.4 is 4.74 Å². The van der Waals surface area contributed by atoms with E-state index in [2.05, 4.69) is 55.0 Å². The zero-order chi connectivity index (χ0) is 23.5. The summed E-state index contributed by atoms with van der Waals surface area (Å²) in [4.78, 5) is 17.5. The second kappa shape index (κ2) is 14.6. The van der Waals surface area contributed by atoms with Gasteiger partial charge in [-0.05, 0) is 62.0 Å². The van der Waals surface area contributed by atoms with Crippen molar-refractivity contribution in [1.82, 2.24) is 9.80 Å². The predicted molar refractivity (Wildman–Crippen MR) is 143 cm³/mol. The zero-order valence-electron chi connectivity index (χ0n) is 20.6. The molecule has 0 amide bonds. The summed E-state index contributed by atoms with van der Waals surface area (Å²) in [6.45, 7) is 9.95. The molecule has 0 saturated heterocycles. The molecule has 0 radical (unpaired) electrons. The van der Waals surface area contributed by atoms with Gasteiger partial charge in [0.25, 0.3) is 0 Å². The summed E-state index contributed by atoms with van der Waals surface area (Å²) in [5.74, 6) is 0.843. The van der Waals surface area contributed by atoms with E-state index in [-0.39, 0.29) is 18.2 Å². The number of carbonyl (C=O) groups excluding carboxylic acids is 1. The van der Waals surface area contributed by atoms with Crippen LogP contribution >= 0.6 is 12.4 Å². The average Bonchev–Trinajstić information content (AvgIpc) is 2.85. The molecule has 3 aromatic rings. The van der Waals surface area contributed by atoms with Crippen molar-refractivity contribution in [3.8, 4) is 5.75 Å². The smallest absolute Gasteiger partial charge is 0.193 e. The zero-order valence-corrected chi connectivity index (χ0v) is 21.4. The van der Waals surface area contributed by atoms with E-state index in [0.717, 1.165) is 44.9 Å². The summed E-state index contributed by atoms with van der Waals surface area (Å²) in [5.41, 5.74) is 3.87. The minimum absolute atomic E-state index is 0. The van der Waals surface area contributed by atoms with Gasteiger partial charge < -0.3 is 9.64 Å². The molecule has 182 valence electrons. The Labute approximate surface area is 211 Å². The SMILES string of the molecule is CCN(CC)CCCOc1ccc(C(=O)c2ccc(CN(C)Cc3ccccc3)cc2)cc1.Cl. The maximum absolute atomic E-state index is 12.9. The van der Waals surface area contributed by atoms with Crippen LogP contribution in [0.25, 0.3) is 0 Å². The van der Waals surface area contributed by atoms with Gasteiger partial charge in [-0.15, -0.1) is 12.4 Å². The van der Waals surface area contributed by atoms with Gasteiger partial charge in [0, 0.05) is 30.8 Å². The summed E-state index contributed by atoms with van der Waals surface area (Å²) in [6.07, 6.45) is 0.995. The molecular formula is C29H37ClN2O2. The molecule has 0 bridgehead atoms. The number of benzene rings is 3. The molecule has 0 unspecified atom stereocenters. The molecule has 4 nitrogen and oxygen atoms in total. The van der Waals surface area contributed by atoms with Crippen molar-refractivity contribution in [2.75, 3.05) is 33.3 Å². The molecule has 5 heteroatoms. The monoisotopic (exact) mass is 480 g/mol. The molecule has 3 aromatic carbocycles. The fourth-order valence-corrected chi connectivity index (χ4v) is 3.91. The summed E-state index contributed by atoms with van der Waals surface area (Å²) >= 11 is 0. The number of hydrogen-bond donors (Lipinski definition) is 0. The van der Waals surface area contributed by atoms with Gasteiger partial charge in [-0.3, -0.25) is 9.69 Å². The lowest BCUT2D eigenvalue weighted by Gasteiger charge is -2.17. The van der Waals surface area contributed by atoms with Gasteiger partial charge in [-0.2, -0.15) is 0 Å². The van der Waals surface area contributed by atoms with Crippen LogP contribution in [0.5, 0.6) is 5.75 Å². The Morgan fingerprint density at radius 1 is 0.765 bits per heavy atom. The molecule has 0 fully saturated rings. The molecular weight excluding hydrogens is 444 g/mol. The normalized spacial score (nSPS) is 10.9. The minimum atomic E-state index is 0. The van der Waals surface area contributed by atoms with Crippen molar-refractivity contribution in [3.05, 3.63) is 101 Å². The lowest BCUT2D eigenvalue weighted by Crippen LogP contribution is -2.25. The highest BCUT2D eigenvalue weighted by molar-refractivity contribution is 6.09. The van der Waals surface area contributed by atoms with Crippen LogP contribution in [0.2, 0.25) is 0 Å². The summed E-state index contributed by atoms with van der Waals surface area (Å²) < 4.78 is 5.84. The third-order valence-corrected chi connectivity index (χ3v) is 5.86. The van der Waals surface area contributed by atoms with E-state index in [1.807, 2.05) is 54.6 Å². The van der Waals surface area contributed by atoms with E-state index >= 15 is 0 Å². The number of halogens is 1. The van der Waals surface area contributed by atoms with Gasteiger partial charge in [0.05, 0.1) is 6.61 Å². The molecule has 0 heterocycles. The van der Waals surface area contributed by atoms with Gasteiger partial charge in [0.1, 0.15) is 5.75 Å². The Morgan fingerprint density at radius 2 is 1.29 bits per heavy atom. The van der Waals surface area contributed by atoms with Gasteiger partial charge in [-0.1, -0.05) is 68.4 Å². The molecule has 0 aliphatic carbocycles. The second-order valence-electron chi connectivity index (χ2n) is 8.44. The summed E-state index contributed by atoms with van der Waals surface area (Å²) in [7, 11) is 2.11. The number of ketones is 1. The fraction of sp³-hybridized carbons (Fsp3) is 0.345. The lowest BCUT2D eigenvalue weighted by atomic mass is 10.0. The van der Waals surface area contributed by atoms with Crippen LogP contribution in [0.3, 0.4) is 0 Å². The molecule has 0 aliphatic rings. The van der Waals surface area contributed by atoms with E-state index in [1.165, 1.54) is 11.1 Å². The maximum atomic E-state index is 12.9. The first-order valence-electron chi connectivity index (χ1n) is 11.9. The first-order valence-corrected chi connectivity index (χ1v) is 11.9. The van der Waals surface area contributed by atoms with Gasteiger partial charge >= 0.3 is 0 Å². The quantitative estimate of drug-likeness (QED) is 0.219. The highest BCUT2D eigenvalue weighted by Crippen LogP contribution is 2.17. The van der Waals surface area contributed by atoms with Crippen molar-refractivity contribution in [2.45, 2.75) is 33.4 Å². The van der Waals surface area contributed by atoms with Crippen molar-refractivity contribution >= 4 is 18.2 Å². The Morgan fingerprint density at radius 3 is 1.85 bits per heavy atom. The number of ether oxygens (including phenoxy) is 1. The Kier molecular flexibility index (Phi) is 11.8. The van der Waals surface area contributed by atoms with Crippen molar-refractivity contribution in [3.63, 3.8) is 0 Å². The van der Waals surface area contributed by atoms with E-state index in [0.29, 0.717) is 17.7 Å². The third-order valence-electron chi connectivity index (χ3n) is 5.86. The molecule has 0 saturated carbocycles. The van der Waals surface area contributed by atoms with E-state index in [4.69, 9.17) is 4.74 Å². The maximum Gasteiger partial charge on any atom is 0.193 e. The largest absolute Gasteiger partial charge is 0.494 e. The van der Waals surface area contributed by atoms with E-state index in [1.54, 1.807) is 0 Å². The fourth-order valence-electron chi connectivity index (χ4n) is 3.91. The van der Waals surface area contributed by atoms with Crippen LogP contribution in [0.1, 0.15) is 47.3 Å². The average molecular weight is 481 g/mol. The van der Waals surface area contributed by atoms with Crippen LogP contribution in [0.4, 0.5) is 0 Å². The van der Waals surface area contributed by atoms with Crippen molar-refractivity contribution < 1.29 is 9.53 Å². The van der Waals surface area contributed by atoms with E-state index in [9.17, 15) is 4.79 Å². The minimum Gasteiger partial charge on any atom is -0.494 e. The van der Waals surface area contributed by atoms with Crippen LogP contribution in [0, 0.1) is 0 Å². The molecule has 0 aliphatic heterocycles. The Balaban J connectivity index is 0.00000408. The first-order chi connectivity index (χ1) is 16.1.